The second-order valence-electron chi connectivity index (χ2n) is 7.57. The van der Waals surface area contributed by atoms with Gasteiger partial charge in [-0.25, -0.2) is 9.69 Å². The molecule has 0 aliphatic carbocycles. The Morgan fingerprint density at radius 1 is 1.03 bits per heavy atom. The number of rotatable bonds is 7. The zero-order valence-corrected chi connectivity index (χ0v) is 18.6. The molecule has 1 unspecified atom stereocenters. The van der Waals surface area contributed by atoms with E-state index in [1.165, 1.54) is 49.6 Å². The smallest absolute Gasteiger partial charge is 0.337 e. The van der Waals surface area contributed by atoms with Crippen LogP contribution in [0.3, 0.4) is 0 Å². The summed E-state index contributed by atoms with van der Waals surface area (Å²) < 4.78 is 15.3. The molecule has 0 bridgehead atoms. The van der Waals surface area contributed by atoms with E-state index in [9.17, 15) is 19.2 Å². The molecular formula is C25H22N2O7. The molecule has 0 spiro atoms. The number of benzene rings is 2. The zero-order valence-electron chi connectivity index (χ0n) is 18.6. The van der Waals surface area contributed by atoms with E-state index in [1.54, 1.807) is 36.4 Å². The van der Waals surface area contributed by atoms with E-state index in [0.717, 1.165) is 4.90 Å². The lowest BCUT2D eigenvalue weighted by atomic mass is 10.1. The predicted octanol–water partition coefficient (Wildman–Crippen LogP) is 3.05. The average Bonchev–Trinajstić information content (AvgIpc) is 3.49. The summed E-state index contributed by atoms with van der Waals surface area (Å²) in [5.74, 6) is -1.01. The standard InChI is InChI=1S/C25H22N2O7/c1-32-19-6-3-5-17(13-19)23(29)26(15-20-7-4-12-34-20)21-14-22(28)27(24(21)30)18-10-8-16(9-11-18)25(31)33-2/h3-13,21H,14-15H2,1-2H3. The van der Waals surface area contributed by atoms with E-state index in [-0.39, 0.29) is 18.5 Å². The summed E-state index contributed by atoms with van der Waals surface area (Å²) in [6.07, 6.45) is 1.29. The molecule has 2 aromatic carbocycles. The molecule has 3 amide bonds. The highest BCUT2D eigenvalue weighted by Crippen LogP contribution is 2.29. The minimum absolute atomic E-state index is 0.00183. The Bertz CT molecular complexity index is 1220. The van der Waals surface area contributed by atoms with E-state index < -0.39 is 29.7 Å². The molecule has 34 heavy (non-hydrogen) atoms. The van der Waals surface area contributed by atoms with Crippen molar-refractivity contribution in [3.63, 3.8) is 0 Å². The van der Waals surface area contributed by atoms with Gasteiger partial charge in [0.25, 0.3) is 11.8 Å². The SMILES string of the molecule is COC(=O)c1ccc(N2C(=O)CC(N(Cc3ccco3)C(=O)c3cccc(OC)c3)C2=O)cc1. The number of carbonyl (C=O) groups is 4. The molecule has 0 radical (unpaired) electrons. The maximum atomic E-state index is 13.5. The van der Waals surface area contributed by atoms with Gasteiger partial charge in [0.1, 0.15) is 17.6 Å². The fourth-order valence-corrected chi connectivity index (χ4v) is 3.81. The molecule has 0 saturated carbocycles. The highest BCUT2D eigenvalue weighted by molar-refractivity contribution is 6.23. The first-order valence-corrected chi connectivity index (χ1v) is 10.5. The average molecular weight is 462 g/mol. The van der Waals surface area contributed by atoms with Crippen LogP contribution in [0.2, 0.25) is 0 Å². The Kier molecular flexibility index (Phi) is 6.44. The van der Waals surface area contributed by atoms with Gasteiger partial charge in [-0.05, 0) is 54.6 Å². The van der Waals surface area contributed by atoms with Crippen LogP contribution in [0, 0.1) is 0 Å². The van der Waals surface area contributed by atoms with Crippen molar-refractivity contribution in [1.82, 2.24) is 4.90 Å². The molecular weight excluding hydrogens is 440 g/mol. The molecule has 3 aromatic rings. The van der Waals surface area contributed by atoms with Crippen LogP contribution >= 0.6 is 0 Å². The van der Waals surface area contributed by atoms with Gasteiger partial charge in [-0.1, -0.05) is 6.07 Å². The molecule has 9 nitrogen and oxygen atoms in total. The number of hydrogen-bond acceptors (Lipinski definition) is 7. The summed E-state index contributed by atoms with van der Waals surface area (Å²) in [4.78, 5) is 53.8. The van der Waals surface area contributed by atoms with Gasteiger partial charge in [0, 0.05) is 5.56 Å². The molecule has 2 heterocycles. The lowest BCUT2D eigenvalue weighted by Gasteiger charge is -2.27. The summed E-state index contributed by atoms with van der Waals surface area (Å²) in [6.45, 7) is 0.00183. The van der Waals surface area contributed by atoms with Crippen LogP contribution in [0.4, 0.5) is 5.69 Å². The minimum atomic E-state index is -1.03. The first-order chi connectivity index (χ1) is 16.4. The zero-order chi connectivity index (χ0) is 24.2. The summed E-state index contributed by atoms with van der Waals surface area (Å²) in [7, 11) is 2.76. The largest absolute Gasteiger partial charge is 0.497 e. The van der Waals surface area contributed by atoms with Crippen molar-refractivity contribution in [3.05, 3.63) is 83.8 Å². The summed E-state index contributed by atoms with van der Waals surface area (Å²) in [5.41, 5.74) is 0.901. The summed E-state index contributed by atoms with van der Waals surface area (Å²) >= 11 is 0. The third kappa shape index (κ3) is 4.40. The number of esters is 1. The molecule has 9 heteroatoms. The van der Waals surface area contributed by atoms with Crippen LogP contribution in [-0.4, -0.2) is 48.9 Å². The van der Waals surface area contributed by atoms with Crippen LogP contribution in [0.15, 0.2) is 71.3 Å². The van der Waals surface area contributed by atoms with Gasteiger partial charge in [0.15, 0.2) is 0 Å². The van der Waals surface area contributed by atoms with Crippen molar-refractivity contribution in [3.8, 4) is 5.75 Å². The number of hydrogen-bond donors (Lipinski definition) is 0. The minimum Gasteiger partial charge on any atom is -0.497 e. The van der Waals surface area contributed by atoms with E-state index >= 15 is 0 Å². The number of imide groups is 1. The fourth-order valence-electron chi connectivity index (χ4n) is 3.81. The predicted molar refractivity (Wildman–Crippen MR) is 120 cm³/mol. The quantitative estimate of drug-likeness (QED) is 0.392. The number of methoxy groups -OCH3 is 2. The molecule has 0 N–H and O–H groups in total. The number of nitrogens with zero attached hydrogens (tertiary/aromatic N) is 2. The number of furan rings is 1. The first-order valence-electron chi connectivity index (χ1n) is 10.5. The van der Waals surface area contributed by atoms with Gasteiger partial charge in [0.05, 0.1) is 44.7 Å². The van der Waals surface area contributed by atoms with Crippen molar-refractivity contribution in [2.45, 2.75) is 19.0 Å². The topological polar surface area (TPSA) is 106 Å². The second-order valence-corrected chi connectivity index (χ2v) is 7.57. The van der Waals surface area contributed by atoms with Gasteiger partial charge in [-0.2, -0.15) is 0 Å². The maximum Gasteiger partial charge on any atom is 0.337 e. The highest BCUT2D eigenvalue weighted by atomic mass is 16.5. The number of anilines is 1. The number of ether oxygens (including phenoxy) is 2. The molecule has 4 rings (SSSR count). The Morgan fingerprint density at radius 3 is 2.44 bits per heavy atom. The highest BCUT2D eigenvalue weighted by Gasteiger charge is 2.44. The lowest BCUT2D eigenvalue weighted by Crippen LogP contribution is -2.45. The van der Waals surface area contributed by atoms with Gasteiger partial charge in [-0.15, -0.1) is 0 Å². The fraction of sp³-hybridized carbons (Fsp3) is 0.200. The van der Waals surface area contributed by atoms with E-state index in [4.69, 9.17) is 9.15 Å². The van der Waals surface area contributed by atoms with Crippen molar-refractivity contribution in [2.24, 2.45) is 0 Å². The van der Waals surface area contributed by atoms with Crippen molar-refractivity contribution in [1.29, 1.82) is 0 Å². The molecule has 1 aliphatic heterocycles. The molecule has 1 saturated heterocycles. The summed E-state index contributed by atoms with van der Waals surface area (Å²) in [5, 5.41) is 0. The van der Waals surface area contributed by atoms with E-state index in [2.05, 4.69) is 4.74 Å². The van der Waals surface area contributed by atoms with Crippen LogP contribution in [0.5, 0.6) is 5.75 Å². The Labute approximate surface area is 195 Å². The Balaban J connectivity index is 1.65. The van der Waals surface area contributed by atoms with Crippen molar-refractivity contribution >= 4 is 29.4 Å². The summed E-state index contributed by atoms with van der Waals surface area (Å²) in [6, 6.07) is 14.8. The van der Waals surface area contributed by atoms with Crippen LogP contribution in [-0.2, 0) is 20.9 Å². The monoisotopic (exact) mass is 462 g/mol. The molecule has 1 aliphatic rings. The number of carbonyl (C=O) groups excluding carboxylic acids is 4. The first kappa shape index (κ1) is 22.8. The third-order valence-electron chi connectivity index (χ3n) is 5.53. The molecule has 174 valence electrons. The van der Waals surface area contributed by atoms with Crippen molar-refractivity contribution in [2.75, 3.05) is 19.1 Å². The van der Waals surface area contributed by atoms with Crippen LogP contribution in [0.25, 0.3) is 0 Å². The van der Waals surface area contributed by atoms with Crippen LogP contribution in [0.1, 0.15) is 32.9 Å². The Morgan fingerprint density at radius 2 is 1.79 bits per heavy atom. The van der Waals surface area contributed by atoms with Crippen molar-refractivity contribution < 1.29 is 33.1 Å². The lowest BCUT2D eigenvalue weighted by molar-refractivity contribution is -0.122. The maximum absolute atomic E-state index is 13.5. The Hall–Kier alpha value is -4.40. The third-order valence-corrected chi connectivity index (χ3v) is 5.53. The van der Waals surface area contributed by atoms with Gasteiger partial charge in [-0.3, -0.25) is 14.4 Å². The van der Waals surface area contributed by atoms with E-state index in [0.29, 0.717) is 22.8 Å². The molecule has 1 aromatic heterocycles. The normalized spacial score (nSPS) is 15.4. The number of amides is 3. The van der Waals surface area contributed by atoms with Gasteiger partial charge in [0.2, 0.25) is 5.91 Å². The van der Waals surface area contributed by atoms with Gasteiger partial charge >= 0.3 is 5.97 Å². The molecule has 1 fully saturated rings. The van der Waals surface area contributed by atoms with Crippen LogP contribution < -0.4 is 9.64 Å². The second kappa shape index (κ2) is 9.62. The van der Waals surface area contributed by atoms with E-state index in [1.807, 2.05) is 0 Å². The molecule has 1 atom stereocenters. The van der Waals surface area contributed by atoms with Gasteiger partial charge < -0.3 is 18.8 Å².